The molecule has 0 radical (unpaired) electrons. The minimum atomic E-state index is -0.391. The maximum Gasteiger partial charge on any atom is 0.223 e. The molecule has 2 rings (SSSR count). The largest absolute Gasteiger partial charge is 0.503 e. The van der Waals surface area contributed by atoms with Crippen LogP contribution in [-0.4, -0.2) is 44.4 Å². The molecular weight excluding hydrogens is 282 g/mol. The Hall–Kier alpha value is -2.18. The molecule has 2 aromatic rings. The van der Waals surface area contributed by atoms with Crippen molar-refractivity contribution in [3.63, 3.8) is 0 Å². The van der Waals surface area contributed by atoms with Gasteiger partial charge in [-0.2, -0.15) is 0 Å². The second kappa shape index (κ2) is 7.72. The summed E-state index contributed by atoms with van der Waals surface area (Å²) in [5.74, 6) is -0.266. The van der Waals surface area contributed by atoms with Gasteiger partial charge in [0, 0.05) is 43.8 Å². The van der Waals surface area contributed by atoms with Crippen LogP contribution in [0.15, 0.2) is 41.6 Å². The number of aliphatic hydroxyl groups excluding tert-OH is 1. The normalized spacial score (nSPS) is 11.0. The van der Waals surface area contributed by atoms with Crippen LogP contribution in [0.25, 0.3) is 0 Å². The second-order valence-electron chi connectivity index (χ2n) is 5.10. The predicted octanol–water partition coefficient (Wildman–Crippen LogP) is 0.811. The van der Waals surface area contributed by atoms with E-state index in [4.69, 9.17) is 5.11 Å². The van der Waals surface area contributed by atoms with Crippen LogP contribution in [0.1, 0.15) is 18.2 Å². The van der Waals surface area contributed by atoms with Crippen molar-refractivity contribution in [2.45, 2.75) is 20.0 Å². The van der Waals surface area contributed by atoms with Gasteiger partial charge in [0.05, 0.1) is 12.8 Å². The minimum Gasteiger partial charge on any atom is -0.503 e. The lowest BCUT2D eigenvalue weighted by Gasteiger charge is -2.22. The molecule has 0 spiro atoms. The highest BCUT2D eigenvalue weighted by atomic mass is 16.3. The number of aromatic hydroxyl groups is 1. The first-order chi connectivity index (χ1) is 10.6. The molecule has 0 aliphatic carbocycles. The van der Waals surface area contributed by atoms with Gasteiger partial charge in [-0.1, -0.05) is 13.0 Å². The molecule has 118 valence electrons. The summed E-state index contributed by atoms with van der Waals surface area (Å²) in [5.41, 5.74) is 1.39. The summed E-state index contributed by atoms with van der Waals surface area (Å²) < 4.78 is 1.84. The molecule has 22 heavy (non-hydrogen) atoms. The van der Waals surface area contributed by atoms with Gasteiger partial charge in [-0.15, -0.1) is 0 Å². The summed E-state index contributed by atoms with van der Waals surface area (Å²) in [6.45, 7) is 4.43. The van der Waals surface area contributed by atoms with Gasteiger partial charge < -0.3 is 14.8 Å². The summed E-state index contributed by atoms with van der Waals surface area (Å²) in [5, 5.41) is 18.8. The molecule has 0 bridgehead atoms. The van der Waals surface area contributed by atoms with Gasteiger partial charge in [0.15, 0.2) is 5.75 Å². The standard InChI is InChI=1S/C16H21N3O3/c1-2-18(6-7-20)11-14-8-15(21)16(22)12-19(14)10-13-4-3-5-17-9-13/h3-5,8-9,12,20,22H,2,6-7,10-11H2,1H3. The molecule has 0 saturated heterocycles. The lowest BCUT2D eigenvalue weighted by Crippen LogP contribution is -2.28. The topological polar surface area (TPSA) is 78.6 Å². The highest BCUT2D eigenvalue weighted by Crippen LogP contribution is 2.11. The van der Waals surface area contributed by atoms with Gasteiger partial charge in [-0.05, 0) is 18.2 Å². The van der Waals surface area contributed by atoms with Gasteiger partial charge in [-0.3, -0.25) is 14.7 Å². The van der Waals surface area contributed by atoms with Crippen molar-refractivity contribution in [2.24, 2.45) is 0 Å². The number of hydrogen-bond donors (Lipinski definition) is 2. The lowest BCUT2D eigenvalue weighted by atomic mass is 10.2. The predicted molar refractivity (Wildman–Crippen MR) is 83.7 cm³/mol. The Morgan fingerprint density at radius 3 is 2.86 bits per heavy atom. The average molecular weight is 303 g/mol. The maximum absolute atomic E-state index is 11.7. The van der Waals surface area contributed by atoms with Gasteiger partial charge in [0.25, 0.3) is 0 Å². The van der Waals surface area contributed by atoms with E-state index >= 15 is 0 Å². The Balaban J connectivity index is 2.30. The number of hydrogen-bond acceptors (Lipinski definition) is 5. The summed E-state index contributed by atoms with van der Waals surface area (Å²) >= 11 is 0. The third-order valence-electron chi connectivity index (χ3n) is 3.52. The van der Waals surface area contributed by atoms with E-state index in [1.807, 2.05) is 28.5 Å². The first kappa shape index (κ1) is 16.2. The van der Waals surface area contributed by atoms with Crippen LogP contribution < -0.4 is 5.43 Å². The van der Waals surface area contributed by atoms with Crippen LogP contribution in [-0.2, 0) is 13.1 Å². The van der Waals surface area contributed by atoms with Crippen LogP contribution >= 0.6 is 0 Å². The zero-order valence-electron chi connectivity index (χ0n) is 12.6. The van der Waals surface area contributed by atoms with Crippen LogP contribution in [0.4, 0.5) is 0 Å². The van der Waals surface area contributed by atoms with E-state index in [9.17, 15) is 9.90 Å². The number of pyridine rings is 2. The molecule has 0 saturated carbocycles. The van der Waals surface area contributed by atoms with Crippen molar-refractivity contribution in [1.29, 1.82) is 0 Å². The minimum absolute atomic E-state index is 0.0682. The van der Waals surface area contributed by atoms with Crippen molar-refractivity contribution < 1.29 is 10.2 Å². The van der Waals surface area contributed by atoms with E-state index in [0.717, 1.165) is 17.8 Å². The molecule has 2 aromatic heterocycles. The average Bonchev–Trinajstić information content (AvgIpc) is 2.52. The molecule has 0 aliphatic heterocycles. The highest BCUT2D eigenvalue weighted by molar-refractivity contribution is 5.22. The Labute approximate surface area is 129 Å². The lowest BCUT2D eigenvalue weighted by molar-refractivity contribution is 0.193. The number of rotatable bonds is 7. The van der Waals surface area contributed by atoms with Crippen molar-refractivity contribution in [2.75, 3.05) is 19.7 Å². The summed E-state index contributed by atoms with van der Waals surface area (Å²) in [4.78, 5) is 17.8. The van der Waals surface area contributed by atoms with E-state index in [1.54, 1.807) is 12.4 Å². The monoisotopic (exact) mass is 303 g/mol. The van der Waals surface area contributed by atoms with Crippen molar-refractivity contribution in [1.82, 2.24) is 14.5 Å². The van der Waals surface area contributed by atoms with Crippen LogP contribution in [0.3, 0.4) is 0 Å². The summed E-state index contributed by atoms with van der Waals surface area (Å²) in [6, 6.07) is 5.24. The van der Waals surface area contributed by atoms with Crippen molar-refractivity contribution >= 4 is 0 Å². The molecule has 0 unspecified atom stereocenters. The van der Waals surface area contributed by atoms with Crippen LogP contribution in [0.5, 0.6) is 5.75 Å². The fourth-order valence-corrected chi connectivity index (χ4v) is 2.29. The van der Waals surface area contributed by atoms with Gasteiger partial charge in [0.2, 0.25) is 5.43 Å². The zero-order chi connectivity index (χ0) is 15.9. The molecule has 6 heteroatoms. The van der Waals surface area contributed by atoms with Crippen molar-refractivity contribution in [3.05, 3.63) is 58.3 Å². The Bertz CT molecular complexity index is 655. The summed E-state index contributed by atoms with van der Waals surface area (Å²) in [6.07, 6.45) is 4.91. The molecule has 6 nitrogen and oxygen atoms in total. The molecular formula is C16H21N3O3. The van der Waals surface area contributed by atoms with E-state index in [-0.39, 0.29) is 12.4 Å². The Morgan fingerprint density at radius 2 is 2.23 bits per heavy atom. The fourth-order valence-electron chi connectivity index (χ4n) is 2.29. The smallest absolute Gasteiger partial charge is 0.223 e. The van der Waals surface area contributed by atoms with E-state index in [2.05, 4.69) is 4.98 Å². The molecule has 0 atom stereocenters. The van der Waals surface area contributed by atoms with Crippen molar-refractivity contribution in [3.8, 4) is 5.75 Å². The molecule has 0 fully saturated rings. The number of aliphatic hydroxyl groups is 1. The van der Waals surface area contributed by atoms with Gasteiger partial charge in [-0.25, -0.2) is 0 Å². The van der Waals surface area contributed by atoms with E-state index in [1.165, 1.54) is 12.3 Å². The van der Waals surface area contributed by atoms with Crippen LogP contribution in [0, 0.1) is 0 Å². The van der Waals surface area contributed by atoms with Gasteiger partial charge in [0.1, 0.15) is 0 Å². The summed E-state index contributed by atoms with van der Waals surface area (Å²) in [7, 11) is 0. The second-order valence-corrected chi connectivity index (χ2v) is 5.10. The highest BCUT2D eigenvalue weighted by Gasteiger charge is 2.10. The quantitative estimate of drug-likeness (QED) is 0.791. The SMILES string of the molecule is CCN(CCO)Cc1cc(=O)c(O)cn1Cc1cccnc1. The third-order valence-corrected chi connectivity index (χ3v) is 3.52. The van der Waals surface area contributed by atoms with Gasteiger partial charge >= 0.3 is 0 Å². The van der Waals surface area contributed by atoms with E-state index in [0.29, 0.717) is 19.6 Å². The van der Waals surface area contributed by atoms with Crippen LogP contribution in [0.2, 0.25) is 0 Å². The molecule has 0 aliphatic rings. The Kier molecular flexibility index (Phi) is 5.68. The third kappa shape index (κ3) is 4.16. The fraction of sp³-hybridized carbons (Fsp3) is 0.375. The molecule has 0 amide bonds. The molecule has 2 N–H and O–H groups in total. The molecule has 2 heterocycles. The maximum atomic E-state index is 11.7. The first-order valence-electron chi connectivity index (χ1n) is 7.28. The van der Waals surface area contributed by atoms with E-state index < -0.39 is 5.43 Å². The Morgan fingerprint density at radius 1 is 1.41 bits per heavy atom. The first-order valence-corrected chi connectivity index (χ1v) is 7.28. The molecule has 0 aromatic carbocycles. The number of likely N-dealkylation sites (N-methyl/N-ethyl adjacent to an activating group) is 1. The zero-order valence-corrected chi connectivity index (χ0v) is 12.6. The number of nitrogens with zero attached hydrogens (tertiary/aromatic N) is 3. The number of aromatic nitrogens is 2.